The smallest absolute Gasteiger partial charge is 0.317 e. The first-order chi connectivity index (χ1) is 12.2. The number of likely N-dealkylation sites (tertiary alicyclic amines) is 1. The van der Waals surface area contributed by atoms with Crippen LogP contribution in [0.1, 0.15) is 24.0 Å². The molecule has 132 valence electrons. The second kappa shape index (κ2) is 8.90. The Labute approximate surface area is 154 Å². The Bertz CT molecular complexity index is 684. The molecule has 2 heterocycles. The fourth-order valence-electron chi connectivity index (χ4n) is 3.03. The van der Waals surface area contributed by atoms with Crippen LogP contribution in [0.15, 0.2) is 53.7 Å². The largest absolute Gasteiger partial charge is 0.338 e. The third kappa shape index (κ3) is 5.49. The van der Waals surface area contributed by atoms with Gasteiger partial charge in [-0.25, -0.2) is 4.79 Å². The molecule has 3 rings (SSSR count). The fourth-order valence-corrected chi connectivity index (χ4v) is 4.28. The van der Waals surface area contributed by atoms with Crippen molar-refractivity contribution in [2.24, 2.45) is 0 Å². The number of rotatable bonds is 5. The van der Waals surface area contributed by atoms with Crippen LogP contribution in [0.25, 0.3) is 0 Å². The van der Waals surface area contributed by atoms with Gasteiger partial charge < -0.3 is 10.2 Å². The first kappa shape index (κ1) is 17.8. The maximum Gasteiger partial charge on any atom is 0.317 e. The molecule has 1 aliphatic heterocycles. The number of hydrogen-bond donors (Lipinski definition) is 1. The summed E-state index contributed by atoms with van der Waals surface area (Å²) in [6.45, 7) is 4.47. The number of benzene rings is 1. The van der Waals surface area contributed by atoms with Gasteiger partial charge in [0, 0.05) is 42.2 Å². The Morgan fingerprint density at radius 1 is 1.24 bits per heavy atom. The molecular weight excluding hydrogens is 330 g/mol. The summed E-state index contributed by atoms with van der Waals surface area (Å²) in [5.41, 5.74) is 2.50. The minimum atomic E-state index is 0.0630. The second-order valence-corrected chi connectivity index (χ2v) is 7.83. The fraction of sp³-hybridized carbons (Fsp3) is 0.400. The second-order valence-electron chi connectivity index (χ2n) is 6.46. The molecule has 1 aromatic heterocycles. The van der Waals surface area contributed by atoms with Crippen molar-refractivity contribution in [1.82, 2.24) is 15.2 Å². The van der Waals surface area contributed by atoms with E-state index in [-0.39, 0.29) is 6.03 Å². The lowest BCUT2D eigenvalue weighted by Gasteiger charge is -2.31. The molecule has 5 heteroatoms. The highest BCUT2D eigenvalue weighted by molar-refractivity contribution is 8.00. The molecule has 1 N–H and O–H groups in total. The highest BCUT2D eigenvalue weighted by Crippen LogP contribution is 2.30. The standard InChI is InChI=1S/C20H25N3OS/c1-16-3-2-4-19(15-16)25-18-8-13-23(14-9-18)20(24)22-12-7-17-5-10-21-11-6-17/h2-6,10-11,15,18H,7-9,12-14H2,1H3,(H,22,24). The highest BCUT2D eigenvalue weighted by Gasteiger charge is 2.23. The quantitative estimate of drug-likeness (QED) is 0.885. The minimum absolute atomic E-state index is 0.0630. The molecule has 25 heavy (non-hydrogen) atoms. The van der Waals surface area contributed by atoms with E-state index in [1.54, 1.807) is 12.4 Å². The summed E-state index contributed by atoms with van der Waals surface area (Å²) in [4.78, 5) is 19.6. The molecule has 0 spiro atoms. The summed E-state index contributed by atoms with van der Waals surface area (Å²) in [6, 6.07) is 12.7. The number of carbonyl (C=O) groups is 1. The monoisotopic (exact) mass is 355 g/mol. The van der Waals surface area contributed by atoms with Crippen molar-refractivity contribution in [3.8, 4) is 0 Å². The SMILES string of the molecule is Cc1cccc(SC2CCN(C(=O)NCCc3ccncc3)CC2)c1. The van der Waals surface area contributed by atoms with Gasteiger partial charge in [-0.15, -0.1) is 11.8 Å². The number of pyridine rings is 1. The number of nitrogens with one attached hydrogen (secondary N) is 1. The van der Waals surface area contributed by atoms with Gasteiger partial charge in [0.25, 0.3) is 0 Å². The molecule has 0 atom stereocenters. The van der Waals surface area contributed by atoms with E-state index in [9.17, 15) is 4.79 Å². The number of hydrogen-bond acceptors (Lipinski definition) is 3. The number of amides is 2. The third-order valence-corrected chi connectivity index (χ3v) is 5.79. The zero-order chi connectivity index (χ0) is 17.5. The summed E-state index contributed by atoms with van der Waals surface area (Å²) < 4.78 is 0. The summed E-state index contributed by atoms with van der Waals surface area (Å²) in [5, 5.41) is 3.63. The van der Waals surface area contributed by atoms with Gasteiger partial charge in [0.15, 0.2) is 0 Å². The van der Waals surface area contributed by atoms with Crippen molar-refractivity contribution in [2.45, 2.75) is 36.3 Å². The van der Waals surface area contributed by atoms with E-state index in [1.807, 2.05) is 28.8 Å². The van der Waals surface area contributed by atoms with Crippen molar-refractivity contribution >= 4 is 17.8 Å². The number of aromatic nitrogens is 1. The molecule has 1 saturated heterocycles. The number of nitrogens with zero attached hydrogens (tertiary/aromatic N) is 2. The molecular formula is C20H25N3OS. The number of piperidine rings is 1. The zero-order valence-electron chi connectivity index (χ0n) is 14.6. The Morgan fingerprint density at radius 3 is 2.72 bits per heavy atom. The third-order valence-electron chi connectivity index (χ3n) is 4.46. The first-order valence-corrected chi connectivity index (χ1v) is 9.74. The lowest BCUT2D eigenvalue weighted by atomic mass is 10.1. The van der Waals surface area contributed by atoms with E-state index in [1.165, 1.54) is 16.0 Å². The summed E-state index contributed by atoms with van der Waals surface area (Å²) in [6.07, 6.45) is 6.52. The summed E-state index contributed by atoms with van der Waals surface area (Å²) in [7, 11) is 0. The molecule has 0 bridgehead atoms. The van der Waals surface area contributed by atoms with E-state index in [0.29, 0.717) is 11.8 Å². The predicted molar refractivity (Wildman–Crippen MR) is 103 cm³/mol. The Morgan fingerprint density at radius 2 is 2.00 bits per heavy atom. The van der Waals surface area contributed by atoms with Crippen molar-refractivity contribution in [1.29, 1.82) is 0 Å². The molecule has 1 aromatic carbocycles. The normalized spacial score (nSPS) is 15.2. The van der Waals surface area contributed by atoms with Gasteiger partial charge in [0.1, 0.15) is 0 Å². The Balaban J connectivity index is 1.38. The number of aryl methyl sites for hydroxylation is 1. The van der Waals surface area contributed by atoms with E-state index < -0.39 is 0 Å². The van der Waals surface area contributed by atoms with Gasteiger partial charge in [-0.1, -0.05) is 17.7 Å². The van der Waals surface area contributed by atoms with Crippen molar-refractivity contribution < 1.29 is 4.79 Å². The van der Waals surface area contributed by atoms with Crippen LogP contribution in [0, 0.1) is 6.92 Å². The average Bonchev–Trinajstić information content (AvgIpc) is 2.63. The molecule has 0 aliphatic carbocycles. The molecule has 1 aliphatic rings. The first-order valence-electron chi connectivity index (χ1n) is 8.86. The van der Waals surface area contributed by atoms with Crippen LogP contribution in [0.5, 0.6) is 0 Å². The van der Waals surface area contributed by atoms with Crippen molar-refractivity contribution in [3.05, 3.63) is 59.9 Å². The molecule has 2 aromatic rings. The lowest BCUT2D eigenvalue weighted by Crippen LogP contribution is -2.45. The van der Waals surface area contributed by atoms with Crippen LogP contribution < -0.4 is 5.32 Å². The molecule has 2 amide bonds. The number of carbonyl (C=O) groups excluding carboxylic acids is 1. The van der Waals surface area contributed by atoms with E-state index >= 15 is 0 Å². The molecule has 0 radical (unpaired) electrons. The predicted octanol–water partition coefficient (Wildman–Crippen LogP) is 3.90. The van der Waals surface area contributed by atoms with Gasteiger partial charge in [-0.2, -0.15) is 0 Å². The zero-order valence-corrected chi connectivity index (χ0v) is 15.5. The van der Waals surface area contributed by atoms with Crippen LogP contribution in [0.3, 0.4) is 0 Å². The highest BCUT2D eigenvalue weighted by atomic mass is 32.2. The van der Waals surface area contributed by atoms with Crippen LogP contribution in [0.2, 0.25) is 0 Å². The van der Waals surface area contributed by atoms with Crippen LogP contribution in [0.4, 0.5) is 4.79 Å². The van der Waals surface area contributed by atoms with Crippen LogP contribution >= 0.6 is 11.8 Å². The topological polar surface area (TPSA) is 45.2 Å². The van der Waals surface area contributed by atoms with E-state index in [0.717, 1.165) is 32.4 Å². The van der Waals surface area contributed by atoms with Crippen molar-refractivity contribution in [3.63, 3.8) is 0 Å². The minimum Gasteiger partial charge on any atom is -0.338 e. The van der Waals surface area contributed by atoms with Gasteiger partial charge in [0.2, 0.25) is 0 Å². The molecule has 1 fully saturated rings. The van der Waals surface area contributed by atoms with Gasteiger partial charge in [0.05, 0.1) is 0 Å². The molecule has 0 unspecified atom stereocenters. The van der Waals surface area contributed by atoms with E-state index in [2.05, 4.69) is 41.5 Å². The molecule has 0 saturated carbocycles. The summed E-state index contributed by atoms with van der Waals surface area (Å²) >= 11 is 1.94. The maximum atomic E-state index is 12.3. The Hall–Kier alpha value is -2.01. The lowest BCUT2D eigenvalue weighted by molar-refractivity contribution is 0.188. The average molecular weight is 356 g/mol. The Kier molecular flexibility index (Phi) is 6.34. The van der Waals surface area contributed by atoms with Gasteiger partial charge >= 0.3 is 6.03 Å². The molecule has 4 nitrogen and oxygen atoms in total. The van der Waals surface area contributed by atoms with Crippen LogP contribution in [-0.2, 0) is 6.42 Å². The van der Waals surface area contributed by atoms with Crippen molar-refractivity contribution in [2.75, 3.05) is 19.6 Å². The van der Waals surface area contributed by atoms with E-state index in [4.69, 9.17) is 0 Å². The number of urea groups is 1. The van der Waals surface area contributed by atoms with Gasteiger partial charge in [-0.3, -0.25) is 4.98 Å². The number of thioether (sulfide) groups is 1. The summed E-state index contributed by atoms with van der Waals surface area (Å²) in [5.74, 6) is 0. The van der Waals surface area contributed by atoms with Crippen LogP contribution in [-0.4, -0.2) is 40.8 Å². The van der Waals surface area contributed by atoms with Gasteiger partial charge in [-0.05, 0) is 56.0 Å². The maximum absolute atomic E-state index is 12.3.